The number of ether oxygens (including phenoxy) is 2. The Morgan fingerprint density at radius 1 is 1.29 bits per heavy atom. The van der Waals surface area contributed by atoms with Gasteiger partial charge in [-0.3, -0.25) is 0 Å². The fourth-order valence-electron chi connectivity index (χ4n) is 2.09. The predicted octanol–water partition coefficient (Wildman–Crippen LogP) is 2.65. The molecule has 0 amide bonds. The van der Waals surface area contributed by atoms with Crippen molar-refractivity contribution in [3.05, 3.63) is 29.8 Å². The molecule has 1 aliphatic rings. The zero-order valence-electron chi connectivity index (χ0n) is 10.6. The third kappa shape index (κ3) is 3.45. The van der Waals surface area contributed by atoms with Crippen LogP contribution in [0.15, 0.2) is 24.3 Å². The van der Waals surface area contributed by atoms with E-state index in [2.05, 4.69) is 12.1 Å². The molecule has 2 rings (SSSR count). The van der Waals surface area contributed by atoms with Gasteiger partial charge < -0.3 is 15.2 Å². The maximum Gasteiger partial charge on any atom is 0.119 e. The molecule has 1 aliphatic heterocycles. The van der Waals surface area contributed by atoms with Gasteiger partial charge in [0.2, 0.25) is 0 Å². The van der Waals surface area contributed by atoms with Crippen LogP contribution in [0.2, 0.25) is 0 Å². The van der Waals surface area contributed by atoms with Crippen molar-refractivity contribution in [1.82, 2.24) is 0 Å². The van der Waals surface area contributed by atoms with Crippen LogP contribution in [0.1, 0.15) is 38.4 Å². The fraction of sp³-hybridized carbons (Fsp3) is 0.571. The zero-order chi connectivity index (χ0) is 12.3. The van der Waals surface area contributed by atoms with Gasteiger partial charge in [0.05, 0.1) is 12.2 Å². The number of rotatable bonds is 3. The molecular formula is C14H21NO2. The van der Waals surface area contributed by atoms with E-state index in [-0.39, 0.29) is 18.2 Å². The van der Waals surface area contributed by atoms with Gasteiger partial charge in [0.25, 0.3) is 0 Å². The van der Waals surface area contributed by atoms with E-state index in [0.29, 0.717) is 0 Å². The van der Waals surface area contributed by atoms with Crippen molar-refractivity contribution in [2.75, 3.05) is 6.61 Å². The van der Waals surface area contributed by atoms with E-state index in [0.717, 1.165) is 25.2 Å². The molecule has 17 heavy (non-hydrogen) atoms. The minimum atomic E-state index is 0.145. The quantitative estimate of drug-likeness (QED) is 0.876. The molecule has 3 nitrogen and oxygen atoms in total. The molecule has 0 aliphatic carbocycles. The van der Waals surface area contributed by atoms with Crippen molar-refractivity contribution in [3.63, 3.8) is 0 Å². The maximum absolute atomic E-state index is 5.95. The predicted molar refractivity (Wildman–Crippen MR) is 68.1 cm³/mol. The van der Waals surface area contributed by atoms with E-state index in [9.17, 15) is 0 Å². The van der Waals surface area contributed by atoms with E-state index < -0.39 is 0 Å². The Labute approximate surface area is 103 Å². The molecule has 94 valence electrons. The van der Waals surface area contributed by atoms with E-state index in [1.807, 2.05) is 26.0 Å². The van der Waals surface area contributed by atoms with E-state index in [1.54, 1.807) is 0 Å². The van der Waals surface area contributed by atoms with Crippen molar-refractivity contribution in [2.24, 2.45) is 5.73 Å². The molecule has 1 aromatic rings. The summed E-state index contributed by atoms with van der Waals surface area (Å²) in [5.74, 6) is 0.906. The van der Waals surface area contributed by atoms with Gasteiger partial charge in [-0.15, -0.1) is 0 Å². The highest BCUT2D eigenvalue weighted by atomic mass is 16.5. The Morgan fingerprint density at radius 3 is 2.59 bits per heavy atom. The largest absolute Gasteiger partial charge is 0.491 e. The first-order chi connectivity index (χ1) is 8.15. The summed E-state index contributed by atoms with van der Waals surface area (Å²) in [6.45, 7) is 4.81. The van der Waals surface area contributed by atoms with Crippen LogP contribution in [0.3, 0.4) is 0 Å². The minimum Gasteiger partial charge on any atom is -0.491 e. The van der Waals surface area contributed by atoms with Crippen molar-refractivity contribution >= 4 is 0 Å². The average molecular weight is 235 g/mol. The second-order valence-electron chi connectivity index (χ2n) is 4.88. The van der Waals surface area contributed by atoms with E-state index in [1.165, 1.54) is 5.56 Å². The molecule has 0 spiro atoms. The van der Waals surface area contributed by atoms with Crippen LogP contribution in [0.5, 0.6) is 5.75 Å². The molecule has 3 heteroatoms. The molecule has 2 atom stereocenters. The van der Waals surface area contributed by atoms with Crippen LogP contribution >= 0.6 is 0 Å². The molecule has 1 saturated heterocycles. The third-order valence-electron chi connectivity index (χ3n) is 2.95. The van der Waals surface area contributed by atoms with E-state index in [4.69, 9.17) is 15.2 Å². The highest BCUT2D eigenvalue weighted by Crippen LogP contribution is 2.28. The maximum atomic E-state index is 5.95. The van der Waals surface area contributed by atoms with Crippen LogP contribution in [0, 0.1) is 0 Å². The summed E-state index contributed by atoms with van der Waals surface area (Å²) in [5.41, 5.74) is 7.14. The molecule has 1 fully saturated rings. The van der Waals surface area contributed by atoms with Crippen LogP contribution in [-0.4, -0.2) is 18.8 Å². The second-order valence-corrected chi connectivity index (χ2v) is 4.88. The molecule has 2 unspecified atom stereocenters. The lowest BCUT2D eigenvalue weighted by Crippen LogP contribution is -2.30. The SMILES string of the molecule is CC(C)Oc1ccc(C2CC(N)CCO2)cc1. The summed E-state index contributed by atoms with van der Waals surface area (Å²) in [5, 5.41) is 0. The van der Waals surface area contributed by atoms with Crippen LogP contribution < -0.4 is 10.5 Å². The van der Waals surface area contributed by atoms with Gasteiger partial charge in [-0.1, -0.05) is 12.1 Å². The highest BCUT2D eigenvalue weighted by Gasteiger charge is 2.21. The van der Waals surface area contributed by atoms with Crippen molar-refractivity contribution < 1.29 is 9.47 Å². The van der Waals surface area contributed by atoms with Gasteiger partial charge in [0.15, 0.2) is 0 Å². The summed E-state index contributed by atoms with van der Waals surface area (Å²) in [4.78, 5) is 0. The van der Waals surface area contributed by atoms with Crippen LogP contribution in [0.4, 0.5) is 0 Å². The van der Waals surface area contributed by atoms with E-state index >= 15 is 0 Å². The number of hydrogen-bond acceptors (Lipinski definition) is 3. The molecule has 0 aromatic heterocycles. The van der Waals surface area contributed by atoms with Crippen molar-refractivity contribution in [2.45, 2.75) is 44.9 Å². The Morgan fingerprint density at radius 2 is 2.00 bits per heavy atom. The molecule has 1 heterocycles. The van der Waals surface area contributed by atoms with Gasteiger partial charge in [-0.2, -0.15) is 0 Å². The number of hydrogen-bond donors (Lipinski definition) is 1. The molecule has 2 N–H and O–H groups in total. The number of benzene rings is 1. The lowest BCUT2D eigenvalue weighted by molar-refractivity contribution is 0.00664. The summed E-state index contributed by atoms with van der Waals surface area (Å²) < 4.78 is 11.3. The first-order valence-electron chi connectivity index (χ1n) is 6.29. The monoisotopic (exact) mass is 235 g/mol. The minimum absolute atomic E-state index is 0.145. The zero-order valence-corrected chi connectivity index (χ0v) is 10.6. The molecule has 0 saturated carbocycles. The lowest BCUT2D eigenvalue weighted by atomic mass is 9.98. The molecule has 1 aromatic carbocycles. The summed E-state index contributed by atoms with van der Waals surface area (Å²) in [7, 11) is 0. The first kappa shape index (κ1) is 12.4. The van der Waals surface area contributed by atoms with Gasteiger partial charge in [-0.25, -0.2) is 0 Å². The normalized spacial score (nSPS) is 24.9. The van der Waals surface area contributed by atoms with Gasteiger partial charge in [0.1, 0.15) is 5.75 Å². The standard InChI is InChI=1S/C14H21NO2/c1-10(2)17-13-5-3-11(4-6-13)14-9-12(15)7-8-16-14/h3-6,10,12,14H,7-9,15H2,1-2H3. The Kier molecular flexibility index (Phi) is 4.02. The molecular weight excluding hydrogens is 214 g/mol. The van der Waals surface area contributed by atoms with Crippen LogP contribution in [0.25, 0.3) is 0 Å². The second kappa shape index (κ2) is 5.52. The fourth-order valence-corrected chi connectivity index (χ4v) is 2.09. The Bertz CT molecular complexity index is 348. The number of nitrogens with two attached hydrogens (primary N) is 1. The average Bonchev–Trinajstić information content (AvgIpc) is 2.29. The smallest absolute Gasteiger partial charge is 0.119 e. The molecule has 0 bridgehead atoms. The van der Waals surface area contributed by atoms with Gasteiger partial charge >= 0.3 is 0 Å². The van der Waals surface area contributed by atoms with Crippen molar-refractivity contribution in [1.29, 1.82) is 0 Å². The van der Waals surface area contributed by atoms with Crippen molar-refractivity contribution in [3.8, 4) is 5.75 Å². The molecule has 0 radical (unpaired) electrons. The summed E-state index contributed by atoms with van der Waals surface area (Å²) in [6.07, 6.45) is 2.22. The lowest BCUT2D eigenvalue weighted by Gasteiger charge is -2.27. The van der Waals surface area contributed by atoms with Crippen LogP contribution in [-0.2, 0) is 4.74 Å². The summed E-state index contributed by atoms with van der Waals surface area (Å²) >= 11 is 0. The van der Waals surface area contributed by atoms with Gasteiger partial charge in [-0.05, 0) is 44.4 Å². The Hall–Kier alpha value is -1.06. The highest BCUT2D eigenvalue weighted by molar-refractivity contribution is 5.29. The third-order valence-corrected chi connectivity index (χ3v) is 2.95. The Balaban J connectivity index is 2.01. The topological polar surface area (TPSA) is 44.5 Å². The van der Waals surface area contributed by atoms with Gasteiger partial charge in [0, 0.05) is 12.6 Å². The summed E-state index contributed by atoms with van der Waals surface area (Å²) in [6, 6.07) is 8.40. The first-order valence-corrected chi connectivity index (χ1v) is 6.29.